The molecule has 2 aromatic rings. The normalized spacial score (nSPS) is 16.8. The lowest BCUT2D eigenvalue weighted by Gasteiger charge is -2.27. The van der Waals surface area contributed by atoms with Gasteiger partial charge in [0.25, 0.3) is 0 Å². The van der Waals surface area contributed by atoms with E-state index in [1.165, 1.54) is 0 Å². The molecule has 22 heavy (non-hydrogen) atoms. The van der Waals surface area contributed by atoms with E-state index in [1.807, 2.05) is 20.2 Å². The van der Waals surface area contributed by atoms with Gasteiger partial charge in [-0.1, -0.05) is 29.3 Å². The van der Waals surface area contributed by atoms with E-state index in [2.05, 4.69) is 34.1 Å². The molecule has 2 N–H and O–H groups in total. The van der Waals surface area contributed by atoms with Crippen LogP contribution < -0.4 is 15.5 Å². The summed E-state index contributed by atoms with van der Waals surface area (Å²) in [5.41, 5.74) is 10.6. The zero-order valence-electron chi connectivity index (χ0n) is 12.7. The molecule has 0 fully saturated rings. The van der Waals surface area contributed by atoms with E-state index >= 15 is 0 Å². The van der Waals surface area contributed by atoms with Crippen molar-refractivity contribution in [3.05, 3.63) is 57.6 Å². The maximum Gasteiger partial charge on any atom is 0.0686 e. The molecule has 0 bridgehead atoms. The van der Waals surface area contributed by atoms with E-state index in [0.29, 0.717) is 16.6 Å². The number of anilines is 2. The molecule has 0 saturated heterocycles. The Morgan fingerprint density at radius 1 is 1.23 bits per heavy atom. The fourth-order valence-electron chi connectivity index (χ4n) is 3.06. The molecular formula is C17H19Cl2N3. The second kappa shape index (κ2) is 5.99. The fourth-order valence-corrected chi connectivity index (χ4v) is 3.72. The molecule has 0 spiro atoms. The van der Waals surface area contributed by atoms with E-state index in [0.717, 1.165) is 29.0 Å². The lowest BCUT2D eigenvalue weighted by molar-refractivity contribution is 0.679. The Bertz CT molecular complexity index is 700. The van der Waals surface area contributed by atoms with Crippen molar-refractivity contribution in [3.63, 3.8) is 0 Å². The minimum atomic E-state index is 0.0807. The van der Waals surface area contributed by atoms with Crippen molar-refractivity contribution in [2.24, 2.45) is 5.73 Å². The molecule has 0 aromatic heterocycles. The molecule has 5 heteroatoms. The van der Waals surface area contributed by atoms with Crippen LogP contribution >= 0.6 is 23.2 Å². The smallest absolute Gasteiger partial charge is 0.0686 e. The molecular weight excluding hydrogens is 317 g/mol. The Balaban J connectivity index is 2.03. The summed E-state index contributed by atoms with van der Waals surface area (Å²) >= 11 is 12.5. The van der Waals surface area contributed by atoms with Gasteiger partial charge in [0.05, 0.1) is 6.04 Å². The zero-order valence-corrected chi connectivity index (χ0v) is 14.2. The van der Waals surface area contributed by atoms with E-state index in [9.17, 15) is 0 Å². The SMILES string of the molecule is CN(C)c1cccc(N2Cc3cc(Cl)cc(Cl)c3C2CN)c1. The number of halogens is 2. The summed E-state index contributed by atoms with van der Waals surface area (Å²) in [6, 6.07) is 12.3. The molecule has 1 aliphatic heterocycles. The zero-order chi connectivity index (χ0) is 15.9. The average molecular weight is 336 g/mol. The monoisotopic (exact) mass is 335 g/mol. The number of nitrogens with zero attached hydrogens (tertiary/aromatic N) is 2. The molecule has 3 rings (SSSR count). The highest BCUT2D eigenvalue weighted by molar-refractivity contribution is 6.35. The Kier molecular flexibility index (Phi) is 4.22. The van der Waals surface area contributed by atoms with Crippen molar-refractivity contribution in [2.75, 3.05) is 30.4 Å². The third-order valence-corrected chi connectivity index (χ3v) is 4.66. The number of hydrogen-bond acceptors (Lipinski definition) is 3. The van der Waals surface area contributed by atoms with E-state index in [-0.39, 0.29) is 6.04 Å². The van der Waals surface area contributed by atoms with Gasteiger partial charge >= 0.3 is 0 Å². The van der Waals surface area contributed by atoms with Crippen LogP contribution in [0, 0.1) is 0 Å². The van der Waals surface area contributed by atoms with Crippen LogP contribution in [0.4, 0.5) is 11.4 Å². The van der Waals surface area contributed by atoms with Crippen LogP contribution in [0.2, 0.25) is 10.0 Å². The molecule has 0 amide bonds. The largest absolute Gasteiger partial charge is 0.378 e. The third-order valence-electron chi connectivity index (χ3n) is 4.13. The molecule has 0 radical (unpaired) electrons. The summed E-state index contributed by atoms with van der Waals surface area (Å²) in [5.74, 6) is 0. The number of rotatable bonds is 3. The van der Waals surface area contributed by atoms with Crippen molar-refractivity contribution in [2.45, 2.75) is 12.6 Å². The van der Waals surface area contributed by atoms with Crippen molar-refractivity contribution < 1.29 is 0 Å². The van der Waals surface area contributed by atoms with Crippen molar-refractivity contribution >= 4 is 34.6 Å². The van der Waals surface area contributed by atoms with Crippen LogP contribution in [-0.4, -0.2) is 20.6 Å². The summed E-state index contributed by atoms with van der Waals surface area (Å²) in [4.78, 5) is 4.38. The summed E-state index contributed by atoms with van der Waals surface area (Å²) < 4.78 is 0. The molecule has 116 valence electrons. The van der Waals surface area contributed by atoms with Crippen LogP contribution in [-0.2, 0) is 6.54 Å². The van der Waals surface area contributed by atoms with Gasteiger partial charge in [0.1, 0.15) is 0 Å². The standard InChI is InChI=1S/C17H19Cl2N3/c1-21(2)13-4-3-5-14(8-13)22-10-11-6-12(18)7-15(19)17(11)16(22)9-20/h3-8,16H,9-10,20H2,1-2H3. The van der Waals surface area contributed by atoms with Crippen LogP contribution in [0.5, 0.6) is 0 Å². The number of hydrogen-bond donors (Lipinski definition) is 1. The molecule has 3 nitrogen and oxygen atoms in total. The fraction of sp³-hybridized carbons (Fsp3) is 0.294. The summed E-state index contributed by atoms with van der Waals surface area (Å²) in [7, 11) is 4.07. The first kappa shape index (κ1) is 15.5. The van der Waals surface area contributed by atoms with E-state index in [4.69, 9.17) is 28.9 Å². The Hall–Kier alpha value is -1.42. The van der Waals surface area contributed by atoms with Gasteiger partial charge in [0, 0.05) is 48.6 Å². The molecule has 1 unspecified atom stereocenters. The highest BCUT2D eigenvalue weighted by Gasteiger charge is 2.31. The van der Waals surface area contributed by atoms with Gasteiger partial charge < -0.3 is 15.5 Å². The van der Waals surface area contributed by atoms with Crippen molar-refractivity contribution in [1.29, 1.82) is 0 Å². The highest BCUT2D eigenvalue weighted by atomic mass is 35.5. The van der Waals surface area contributed by atoms with Gasteiger partial charge in [-0.05, 0) is 41.5 Å². The predicted octanol–water partition coefficient (Wildman–Crippen LogP) is 4.08. The van der Waals surface area contributed by atoms with Gasteiger partial charge in [0.15, 0.2) is 0 Å². The Morgan fingerprint density at radius 3 is 2.68 bits per heavy atom. The van der Waals surface area contributed by atoms with Gasteiger partial charge in [-0.3, -0.25) is 0 Å². The lowest BCUT2D eigenvalue weighted by atomic mass is 10.0. The predicted molar refractivity (Wildman–Crippen MR) is 95.2 cm³/mol. The first-order valence-corrected chi connectivity index (χ1v) is 7.98. The summed E-state index contributed by atoms with van der Waals surface area (Å²) in [6.07, 6.45) is 0. The maximum absolute atomic E-state index is 6.41. The average Bonchev–Trinajstić information content (AvgIpc) is 2.86. The van der Waals surface area contributed by atoms with Gasteiger partial charge in [0.2, 0.25) is 0 Å². The number of nitrogens with two attached hydrogens (primary N) is 1. The summed E-state index contributed by atoms with van der Waals surface area (Å²) in [6.45, 7) is 1.29. The van der Waals surface area contributed by atoms with Crippen LogP contribution in [0.25, 0.3) is 0 Å². The Labute approximate surface area is 141 Å². The minimum absolute atomic E-state index is 0.0807. The van der Waals surface area contributed by atoms with Gasteiger partial charge in [-0.2, -0.15) is 0 Å². The van der Waals surface area contributed by atoms with Crippen molar-refractivity contribution in [1.82, 2.24) is 0 Å². The van der Waals surface area contributed by atoms with Gasteiger partial charge in [-0.25, -0.2) is 0 Å². The highest BCUT2D eigenvalue weighted by Crippen LogP contribution is 2.42. The molecule has 0 aliphatic carbocycles. The molecule has 0 saturated carbocycles. The number of fused-ring (bicyclic) bond motifs is 1. The lowest BCUT2D eigenvalue weighted by Crippen LogP contribution is -2.28. The van der Waals surface area contributed by atoms with E-state index < -0.39 is 0 Å². The topological polar surface area (TPSA) is 32.5 Å². The van der Waals surface area contributed by atoms with Gasteiger partial charge in [-0.15, -0.1) is 0 Å². The Morgan fingerprint density at radius 2 is 2.00 bits per heavy atom. The number of benzene rings is 2. The van der Waals surface area contributed by atoms with Crippen LogP contribution in [0.15, 0.2) is 36.4 Å². The third kappa shape index (κ3) is 2.65. The van der Waals surface area contributed by atoms with Crippen LogP contribution in [0.1, 0.15) is 17.2 Å². The van der Waals surface area contributed by atoms with Crippen LogP contribution in [0.3, 0.4) is 0 Å². The molecule has 1 heterocycles. The molecule has 2 aromatic carbocycles. The van der Waals surface area contributed by atoms with E-state index in [1.54, 1.807) is 6.07 Å². The minimum Gasteiger partial charge on any atom is -0.378 e. The first-order chi connectivity index (χ1) is 10.5. The van der Waals surface area contributed by atoms with Crippen molar-refractivity contribution in [3.8, 4) is 0 Å². The maximum atomic E-state index is 6.41. The first-order valence-electron chi connectivity index (χ1n) is 7.23. The second-order valence-corrected chi connectivity index (χ2v) is 6.60. The molecule has 1 atom stereocenters. The quantitative estimate of drug-likeness (QED) is 0.917. The molecule has 1 aliphatic rings. The second-order valence-electron chi connectivity index (χ2n) is 5.75. The summed E-state index contributed by atoms with van der Waals surface area (Å²) in [5, 5.41) is 1.37.